The van der Waals surface area contributed by atoms with E-state index >= 15 is 0 Å². The number of nitrogens with one attached hydrogen (secondary N) is 1. The number of primary amides is 1. The lowest BCUT2D eigenvalue weighted by molar-refractivity contribution is -0.384. The van der Waals surface area contributed by atoms with Crippen LogP contribution in [0.3, 0.4) is 0 Å². The molecule has 1 aromatic carbocycles. The van der Waals surface area contributed by atoms with Crippen LogP contribution in [-0.4, -0.2) is 40.9 Å². The van der Waals surface area contributed by atoms with Crippen molar-refractivity contribution in [3.8, 4) is 0 Å². The van der Waals surface area contributed by atoms with E-state index in [1.54, 1.807) is 13.0 Å². The van der Waals surface area contributed by atoms with Crippen molar-refractivity contribution in [2.75, 3.05) is 18.5 Å². The Morgan fingerprint density at radius 3 is 2.84 bits per heavy atom. The zero-order valence-corrected chi connectivity index (χ0v) is 17.4. The fourth-order valence-corrected chi connectivity index (χ4v) is 4.46. The fourth-order valence-electron chi connectivity index (χ4n) is 3.19. The Balaban J connectivity index is 1.78. The van der Waals surface area contributed by atoms with Crippen LogP contribution >= 0.6 is 11.3 Å². The summed E-state index contributed by atoms with van der Waals surface area (Å²) >= 11 is 1.18. The van der Waals surface area contributed by atoms with Crippen LogP contribution in [0.1, 0.15) is 33.3 Å². The van der Waals surface area contributed by atoms with Gasteiger partial charge in [0.05, 0.1) is 23.6 Å². The van der Waals surface area contributed by atoms with Gasteiger partial charge in [-0.05, 0) is 30.5 Å². The number of hydrogen-bond donors (Lipinski definition) is 2. The van der Waals surface area contributed by atoms with Gasteiger partial charge in [0.1, 0.15) is 5.00 Å². The predicted molar refractivity (Wildman–Crippen MR) is 115 cm³/mol. The first-order valence-corrected chi connectivity index (χ1v) is 10.2. The molecule has 3 rings (SSSR count). The van der Waals surface area contributed by atoms with E-state index in [9.17, 15) is 24.5 Å². The summed E-state index contributed by atoms with van der Waals surface area (Å²) in [5.74, 6) is -1.19. The van der Waals surface area contributed by atoms with Gasteiger partial charge >= 0.3 is 6.09 Å². The van der Waals surface area contributed by atoms with Crippen LogP contribution in [0.25, 0.3) is 6.08 Å². The molecule has 0 unspecified atom stereocenters. The number of non-ortho nitro benzene ring substituents is 1. The molecular formula is C20H20N4O6S. The van der Waals surface area contributed by atoms with E-state index < -0.39 is 22.8 Å². The summed E-state index contributed by atoms with van der Waals surface area (Å²) in [5.41, 5.74) is 6.89. The number of nitro groups is 1. The van der Waals surface area contributed by atoms with Crippen molar-refractivity contribution in [3.63, 3.8) is 0 Å². The maximum absolute atomic E-state index is 12.4. The molecule has 2 aromatic rings. The van der Waals surface area contributed by atoms with E-state index in [2.05, 4.69) is 5.32 Å². The van der Waals surface area contributed by atoms with E-state index in [0.29, 0.717) is 23.5 Å². The summed E-state index contributed by atoms with van der Waals surface area (Å²) in [7, 11) is 0. The number of nitrogens with zero attached hydrogens (tertiary/aromatic N) is 2. The number of anilines is 1. The van der Waals surface area contributed by atoms with Crippen molar-refractivity contribution in [2.45, 2.75) is 19.9 Å². The summed E-state index contributed by atoms with van der Waals surface area (Å²) in [5, 5.41) is 13.8. The molecule has 31 heavy (non-hydrogen) atoms. The van der Waals surface area contributed by atoms with Gasteiger partial charge in [-0.2, -0.15) is 0 Å². The van der Waals surface area contributed by atoms with Crippen molar-refractivity contribution in [1.82, 2.24) is 4.90 Å². The molecule has 1 aliphatic rings. The number of carbonyl (C=O) groups is 3. The highest BCUT2D eigenvalue weighted by molar-refractivity contribution is 7.17. The quantitative estimate of drug-likeness (QED) is 0.398. The summed E-state index contributed by atoms with van der Waals surface area (Å²) in [6, 6.07) is 5.84. The van der Waals surface area contributed by atoms with Gasteiger partial charge < -0.3 is 20.7 Å². The maximum Gasteiger partial charge on any atom is 0.410 e. The Labute approximate surface area is 181 Å². The summed E-state index contributed by atoms with van der Waals surface area (Å²) in [6.07, 6.45) is 2.63. The Morgan fingerprint density at radius 2 is 2.16 bits per heavy atom. The summed E-state index contributed by atoms with van der Waals surface area (Å²) in [6.45, 7) is 2.62. The molecule has 0 spiro atoms. The first kappa shape index (κ1) is 22.0. The van der Waals surface area contributed by atoms with Crippen molar-refractivity contribution < 1.29 is 24.0 Å². The molecule has 0 saturated heterocycles. The van der Waals surface area contributed by atoms with Gasteiger partial charge in [0.25, 0.3) is 11.6 Å². The van der Waals surface area contributed by atoms with Crippen molar-refractivity contribution >= 4 is 46.0 Å². The lowest BCUT2D eigenvalue weighted by Gasteiger charge is -2.26. The van der Waals surface area contributed by atoms with Crippen LogP contribution in [0.15, 0.2) is 30.3 Å². The molecule has 11 heteroatoms. The number of nitro benzene ring substituents is 1. The monoisotopic (exact) mass is 444 g/mol. The van der Waals surface area contributed by atoms with Gasteiger partial charge in [0.15, 0.2) is 0 Å². The zero-order chi connectivity index (χ0) is 22.5. The average Bonchev–Trinajstić information content (AvgIpc) is 3.09. The standard InChI is InChI=1S/C20H20N4O6S/c1-2-30-20(27)23-9-8-14-15(11-23)31-19(17(14)18(21)26)22-16(25)7-6-12-4-3-5-13(10-12)24(28)29/h3-7,10H,2,8-9,11H2,1H3,(H2,21,26)(H,22,25). The Hall–Kier alpha value is -3.73. The molecule has 0 saturated carbocycles. The first-order valence-electron chi connectivity index (χ1n) is 9.39. The number of hydrogen-bond acceptors (Lipinski definition) is 7. The first-order chi connectivity index (χ1) is 14.8. The fraction of sp³-hybridized carbons (Fsp3) is 0.250. The minimum Gasteiger partial charge on any atom is -0.450 e. The van der Waals surface area contributed by atoms with Crippen molar-refractivity contribution in [1.29, 1.82) is 0 Å². The lowest BCUT2D eigenvalue weighted by Crippen LogP contribution is -2.36. The van der Waals surface area contributed by atoms with Gasteiger partial charge in [-0.1, -0.05) is 12.1 Å². The van der Waals surface area contributed by atoms with Gasteiger partial charge in [-0.15, -0.1) is 11.3 Å². The van der Waals surface area contributed by atoms with Crippen LogP contribution in [0.2, 0.25) is 0 Å². The van der Waals surface area contributed by atoms with Crippen LogP contribution in [0, 0.1) is 10.1 Å². The van der Waals surface area contributed by atoms with Gasteiger partial charge in [-0.3, -0.25) is 19.7 Å². The maximum atomic E-state index is 12.4. The smallest absolute Gasteiger partial charge is 0.410 e. The SMILES string of the molecule is CCOC(=O)N1CCc2c(sc(NC(=O)C=Cc3cccc([N+](=O)[O-])c3)c2C(N)=O)C1. The number of ether oxygens (including phenoxy) is 1. The molecule has 0 fully saturated rings. The number of rotatable bonds is 6. The molecular weight excluding hydrogens is 424 g/mol. The number of benzene rings is 1. The minimum absolute atomic E-state index is 0.0874. The van der Waals surface area contributed by atoms with E-state index in [0.717, 1.165) is 10.4 Å². The molecule has 1 aromatic heterocycles. The van der Waals surface area contributed by atoms with Gasteiger partial charge in [0, 0.05) is 29.6 Å². The van der Waals surface area contributed by atoms with Crippen LogP contribution in [0.4, 0.5) is 15.5 Å². The second kappa shape index (κ2) is 9.39. The predicted octanol–water partition coefficient (Wildman–Crippen LogP) is 2.92. The molecule has 0 atom stereocenters. The molecule has 2 heterocycles. The number of fused-ring (bicyclic) bond motifs is 1. The van der Waals surface area contributed by atoms with E-state index in [1.165, 1.54) is 46.6 Å². The second-order valence-corrected chi connectivity index (χ2v) is 7.72. The molecule has 1 aliphatic heterocycles. The Bertz CT molecular complexity index is 1080. The van der Waals surface area contributed by atoms with E-state index in [4.69, 9.17) is 10.5 Å². The molecule has 0 aliphatic carbocycles. The van der Waals surface area contributed by atoms with Crippen molar-refractivity contribution in [3.05, 3.63) is 62.0 Å². The number of nitrogens with two attached hydrogens (primary N) is 1. The van der Waals surface area contributed by atoms with E-state index in [1.807, 2.05) is 0 Å². The molecule has 10 nitrogen and oxygen atoms in total. The largest absolute Gasteiger partial charge is 0.450 e. The average molecular weight is 444 g/mol. The van der Waals surface area contributed by atoms with Gasteiger partial charge in [0.2, 0.25) is 5.91 Å². The molecule has 162 valence electrons. The molecule has 0 bridgehead atoms. The zero-order valence-electron chi connectivity index (χ0n) is 16.6. The van der Waals surface area contributed by atoms with Crippen molar-refractivity contribution in [2.24, 2.45) is 5.73 Å². The normalized spacial score (nSPS) is 13.0. The topological polar surface area (TPSA) is 145 Å². The third kappa shape index (κ3) is 5.07. The van der Waals surface area contributed by atoms with Crippen LogP contribution in [0.5, 0.6) is 0 Å². The summed E-state index contributed by atoms with van der Waals surface area (Å²) in [4.78, 5) is 49.0. The Morgan fingerprint density at radius 1 is 1.39 bits per heavy atom. The van der Waals surface area contributed by atoms with Crippen LogP contribution in [-0.2, 0) is 22.5 Å². The number of carbonyl (C=O) groups excluding carboxylic acids is 3. The minimum atomic E-state index is -0.667. The van der Waals surface area contributed by atoms with Gasteiger partial charge in [-0.25, -0.2) is 4.79 Å². The molecule has 3 amide bonds. The third-order valence-electron chi connectivity index (χ3n) is 4.57. The summed E-state index contributed by atoms with van der Waals surface area (Å²) < 4.78 is 5.02. The third-order valence-corrected chi connectivity index (χ3v) is 5.71. The lowest BCUT2D eigenvalue weighted by atomic mass is 10.0. The number of thiophene rings is 1. The number of amides is 3. The Kier molecular flexibility index (Phi) is 6.65. The molecule has 0 radical (unpaired) electrons. The highest BCUT2D eigenvalue weighted by Crippen LogP contribution is 2.37. The van der Waals surface area contributed by atoms with Crippen LogP contribution < -0.4 is 11.1 Å². The molecule has 3 N–H and O–H groups in total. The highest BCUT2D eigenvalue weighted by Gasteiger charge is 2.29. The highest BCUT2D eigenvalue weighted by atomic mass is 32.1. The second-order valence-electron chi connectivity index (χ2n) is 6.62. The van der Waals surface area contributed by atoms with E-state index in [-0.39, 0.29) is 24.4 Å².